The van der Waals surface area contributed by atoms with Crippen LogP contribution in [0.1, 0.15) is 32.6 Å². The minimum Gasteiger partial charge on any atom is -0.459 e. The molecule has 3 saturated carbocycles. The molecule has 0 spiro atoms. The highest BCUT2D eigenvalue weighted by atomic mass is 16.6. The van der Waals surface area contributed by atoms with Crippen molar-refractivity contribution in [2.75, 3.05) is 32.8 Å². The highest BCUT2D eigenvalue weighted by molar-refractivity contribution is 5.86. The van der Waals surface area contributed by atoms with Crippen LogP contribution in [-0.2, 0) is 33.3 Å². The van der Waals surface area contributed by atoms with E-state index in [1.54, 1.807) is 0 Å². The molecule has 0 aromatic heterocycles. The molecule has 28 heavy (non-hydrogen) atoms. The second-order valence-corrected chi connectivity index (χ2v) is 9.08. The number of hydrogen-bond acceptors (Lipinski definition) is 8. The summed E-state index contributed by atoms with van der Waals surface area (Å²) in [6, 6.07) is 0. The molecule has 0 radical (unpaired) electrons. The number of carbonyl (C=O) groups is 3. The lowest BCUT2D eigenvalue weighted by Crippen LogP contribution is -2.48. The fourth-order valence-electron chi connectivity index (χ4n) is 5.69. The Morgan fingerprint density at radius 2 is 1.96 bits per heavy atom. The van der Waals surface area contributed by atoms with Crippen LogP contribution >= 0.6 is 0 Å². The molecule has 0 aromatic rings. The van der Waals surface area contributed by atoms with E-state index in [0.29, 0.717) is 32.7 Å². The number of esters is 3. The average Bonchev–Trinajstić information content (AvgIpc) is 3.25. The van der Waals surface area contributed by atoms with Crippen molar-refractivity contribution in [3.8, 4) is 0 Å². The maximum Gasteiger partial charge on any atom is 0.320 e. The first kappa shape index (κ1) is 18.4. The number of nitrogens with zero attached hydrogens (tertiary/aromatic N) is 1. The predicted octanol–water partition coefficient (Wildman–Crippen LogP) is 0.524. The van der Waals surface area contributed by atoms with Crippen LogP contribution in [0.3, 0.4) is 0 Å². The summed E-state index contributed by atoms with van der Waals surface area (Å²) >= 11 is 0. The van der Waals surface area contributed by atoms with Crippen LogP contribution in [0.25, 0.3) is 0 Å². The van der Waals surface area contributed by atoms with Gasteiger partial charge in [-0.25, -0.2) is 0 Å². The third kappa shape index (κ3) is 2.92. The smallest absolute Gasteiger partial charge is 0.320 e. The lowest BCUT2D eigenvalue weighted by molar-refractivity contribution is -0.180. The molecule has 0 N–H and O–H groups in total. The van der Waals surface area contributed by atoms with Crippen LogP contribution in [0.4, 0.5) is 0 Å². The van der Waals surface area contributed by atoms with E-state index in [0.717, 1.165) is 19.3 Å². The van der Waals surface area contributed by atoms with Crippen LogP contribution in [0.2, 0.25) is 0 Å². The molecule has 2 aliphatic heterocycles. The van der Waals surface area contributed by atoms with Gasteiger partial charge in [0.15, 0.2) is 0 Å². The first-order chi connectivity index (χ1) is 13.5. The second kappa shape index (κ2) is 6.69. The van der Waals surface area contributed by atoms with E-state index in [1.807, 2.05) is 11.8 Å². The van der Waals surface area contributed by atoms with E-state index in [2.05, 4.69) is 0 Å². The van der Waals surface area contributed by atoms with Gasteiger partial charge in [-0.2, -0.15) is 0 Å². The predicted molar refractivity (Wildman–Crippen MR) is 93.9 cm³/mol. The maximum absolute atomic E-state index is 12.9. The number of rotatable bonds is 5. The van der Waals surface area contributed by atoms with Gasteiger partial charge in [-0.3, -0.25) is 19.3 Å². The summed E-state index contributed by atoms with van der Waals surface area (Å²) in [7, 11) is 0. The summed E-state index contributed by atoms with van der Waals surface area (Å²) in [5.74, 6) is -2.26. The van der Waals surface area contributed by atoms with Gasteiger partial charge in [0.1, 0.15) is 17.8 Å². The Morgan fingerprint density at radius 1 is 1.21 bits per heavy atom. The zero-order valence-corrected chi connectivity index (χ0v) is 16.1. The number of morpholine rings is 1. The number of fused-ring (bicyclic) bond motifs is 1. The van der Waals surface area contributed by atoms with Gasteiger partial charge in [-0.15, -0.1) is 0 Å². The molecule has 2 saturated heterocycles. The highest BCUT2D eigenvalue weighted by Crippen LogP contribution is 2.59. The van der Waals surface area contributed by atoms with Crippen LogP contribution in [-0.4, -0.2) is 73.5 Å². The normalized spacial score (nSPS) is 40.7. The number of hydrogen-bond donors (Lipinski definition) is 0. The van der Waals surface area contributed by atoms with Gasteiger partial charge in [0.25, 0.3) is 0 Å². The molecule has 5 aliphatic rings. The van der Waals surface area contributed by atoms with Gasteiger partial charge in [-0.05, 0) is 32.6 Å². The molecule has 6 atom stereocenters. The van der Waals surface area contributed by atoms with E-state index < -0.39 is 29.6 Å². The minimum absolute atomic E-state index is 0.0505. The fraction of sp³-hybridized carbons (Fsp3) is 0.850. The quantitative estimate of drug-likeness (QED) is 0.493. The Hall–Kier alpha value is -1.67. The van der Waals surface area contributed by atoms with Gasteiger partial charge in [0, 0.05) is 24.9 Å². The summed E-state index contributed by atoms with van der Waals surface area (Å²) in [4.78, 5) is 39.8. The van der Waals surface area contributed by atoms with E-state index >= 15 is 0 Å². The van der Waals surface area contributed by atoms with Crippen molar-refractivity contribution in [2.45, 2.75) is 50.4 Å². The summed E-state index contributed by atoms with van der Waals surface area (Å²) in [6.45, 7) is 4.73. The van der Waals surface area contributed by atoms with E-state index in [9.17, 15) is 14.4 Å². The maximum atomic E-state index is 12.9. The van der Waals surface area contributed by atoms with Gasteiger partial charge in [0.05, 0.1) is 31.6 Å². The molecule has 6 unspecified atom stereocenters. The van der Waals surface area contributed by atoms with Crippen molar-refractivity contribution in [1.29, 1.82) is 0 Å². The summed E-state index contributed by atoms with van der Waals surface area (Å²) < 4.78 is 22.4. The van der Waals surface area contributed by atoms with E-state index in [-0.39, 0.29) is 36.3 Å². The van der Waals surface area contributed by atoms with Gasteiger partial charge >= 0.3 is 17.9 Å². The molecule has 5 fully saturated rings. The Kier molecular flexibility index (Phi) is 4.39. The molecule has 5 rings (SSSR count). The number of carbonyl (C=O) groups excluding carboxylic acids is 3. The number of ether oxygens (including phenoxy) is 4. The Labute approximate surface area is 163 Å². The summed E-state index contributed by atoms with van der Waals surface area (Å²) in [5.41, 5.74) is -0.413. The third-order valence-electron chi connectivity index (χ3n) is 7.30. The molecular weight excluding hydrogens is 366 g/mol. The molecule has 0 aromatic carbocycles. The van der Waals surface area contributed by atoms with Crippen LogP contribution in [0.5, 0.6) is 0 Å². The Balaban J connectivity index is 1.28. The van der Waals surface area contributed by atoms with Crippen molar-refractivity contribution in [3.63, 3.8) is 0 Å². The first-order valence-corrected chi connectivity index (χ1v) is 10.4. The van der Waals surface area contributed by atoms with Crippen molar-refractivity contribution in [3.05, 3.63) is 0 Å². The average molecular weight is 393 g/mol. The van der Waals surface area contributed by atoms with Crippen LogP contribution in [0, 0.1) is 23.7 Å². The molecule has 8 nitrogen and oxygen atoms in total. The zero-order chi connectivity index (χ0) is 19.5. The first-order valence-electron chi connectivity index (χ1n) is 10.4. The molecule has 3 aliphatic carbocycles. The van der Waals surface area contributed by atoms with Gasteiger partial charge in [0.2, 0.25) is 0 Å². The lowest BCUT2D eigenvalue weighted by atomic mass is 9.77. The SMILES string of the molecule is CC1(OC(=O)C2C3CC4C(OC(=O)C42)C3OC(=O)CN2CCOCC2)CCC1. The second-order valence-electron chi connectivity index (χ2n) is 9.08. The van der Waals surface area contributed by atoms with E-state index in [4.69, 9.17) is 18.9 Å². The summed E-state index contributed by atoms with van der Waals surface area (Å²) in [6.07, 6.45) is 2.47. The van der Waals surface area contributed by atoms with Gasteiger partial charge in [-0.1, -0.05) is 0 Å². The van der Waals surface area contributed by atoms with Crippen molar-refractivity contribution >= 4 is 17.9 Å². The Bertz CT molecular complexity index is 684. The molecule has 2 heterocycles. The molecule has 2 bridgehead atoms. The minimum atomic E-state index is -0.560. The summed E-state index contributed by atoms with van der Waals surface area (Å²) in [5, 5.41) is 0. The lowest BCUT2D eigenvalue weighted by Gasteiger charge is -2.40. The van der Waals surface area contributed by atoms with Crippen LogP contribution < -0.4 is 0 Å². The van der Waals surface area contributed by atoms with E-state index in [1.165, 1.54) is 0 Å². The van der Waals surface area contributed by atoms with Gasteiger partial charge < -0.3 is 18.9 Å². The fourth-order valence-corrected chi connectivity index (χ4v) is 5.69. The monoisotopic (exact) mass is 393 g/mol. The third-order valence-corrected chi connectivity index (χ3v) is 7.30. The molecule has 154 valence electrons. The van der Waals surface area contributed by atoms with Crippen molar-refractivity contribution in [1.82, 2.24) is 4.90 Å². The largest absolute Gasteiger partial charge is 0.459 e. The standard InChI is InChI=1S/C20H27NO7/c1-20(3-2-4-20)28-19(24)15-12-9-11-14(15)18(23)27-17(11)16(12)26-13(22)10-21-5-7-25-8-6-21/h11-12,14-17H,2-10H2,1H3. The molecule has 8 heteroatoms. The van der Waals surface area contributed by atoms with Crippen molar-refractivity contribution in [2.24, 2.45) is 23.7 Å². The molecular formula is C20H27NO7. The van der Waals surface area contributed by atoms with Crippen LogP contribution in [0.15, 0.2) is 0 Å². The molecule has 0 amide bonds. The highest BCUT2D eigenvalue weighted by Gasteiger charge is 2.70. The van der Waals surface area contributed by atoms with Crippen molar-refractivity contribution < 1.29 is 33.3 Å². The topological polar surface area (TPSA) is 91.4 Å². The Morgan fingerprint density at radius 3 is 2.64 bits per heavy atom. The zero-order valence-electron chi connectivity index (χ0n) is 16.1.